The molecule has 4 heteroatoms. The number of aromatic hydroxyl groups is 1. The predicted octanol–water partition coefficient (Wildman–Crippen LogP) is 1.39. The quantitative estimate of drug-likeness (QED) is 0.581. The number of hydrogen-bond acceptors (Lipinski definition) is 3. The molecule has 0 amide bonds. The molecular weight excluding hydrogens is 195 g/mol. The van der Waals surface area contributed by atoms with Crippen LogP contribution in [0.1, 0.15) is 18.3 Å². The molecule has 1 aromatic carbocycles. The monoisotopic (exact) mass is 210 g/mol. The normalized spacial score (nSPS) is 12.4. The Morgan fingerprint density at radius 3 is 2.86 bits per heavy atom. The molecule has 0 radical (unpaired) electrons. The zero-order valence-electron chi connectivity index (χ0n) is 8.53. The van der Waals surface area contributed by atoms with Crippen LogP contribution in [0.3, 0.4) is 0 Å². The molecule has 76 valence electrons. The lowest BCUT2D eigenvalue weighted by atomic mass is 9.83. The molecule has 0 unspecified atom stereocenters. The predicted molar refractivity (Wildman–Crippen MR) is 64.4 cm³/mol. The van der Waals surface area contributed by atoms with Gasteiger partial charge >= 0.3 is 0 Å². The number of hydrogen-bond donors (Lipinski definition) is 2. The Balaban J connectivity index is 2.93. The average molecular weight is 210 g/mol. The van der Waals surface area contributed by atoms with E-state index in [0.29, 0.717) is 18.2 Å². The second-order valence-corrected chi connectivity index (χ2v) is 3.61. The van der Waals surface area contributed by atoms with Crippen LogP contribution < -0.4 is 4.74 Å². The van der Waals surface area contributed by atoms with Crippen molar-refractivity contribution >= 4 is 20.5 Å². The largest absolute Gasteiger partial charge is 0.504 e. The summed E-state index contributed by atoms with van der Waals surface area (Å²) in [6.45, 7) is 2.46. The van der Waals surface area contributed by atoms with Crippen molar-refractivity contribution in [2.45, 2.75) is 12.7 Å². The fourth-order valence-corrected chi connectivity index (χ4v) is 1.42. The molecule has 0 aliphatic rings. The van der Waals surface area contributed by atoms with E-state index in [9.17, 15) is 5.11 Å². The van der Waals surface area contributed by atoms with Crippen LogP contribution in [0.25, 0.3) is 0 Å². The minimum Gasteiger partial charge on any atom is -0.504 e. The van der Waals surface area contributed by atoms with Gasteiger partial charge in [0.2, 0.25) is 0 Å². The Hall–Kier alpha value is -0.765. The maximum absolute atomic E-state index is 9.48. The number of phenols is 1. The summed E-state index contributed by atoms with van der Waals surface area (Å²) in [6.07, 6.45) is 0. The van der Waals surface area contributed by atoms with E-state index in [1.807, 2.05) is 19.1 Å². The smallest absolute Gasteiger partial charge is 0.161 e. The van der Waals surface area contributed by atoms with Crippen molar-refractivity contribution in [3.05, 3.63) is 23.8 Å². The van der Waals surface area contributed by atoms with E-state index in [-0.39, 0.29) is 5.75 Å². The summed E-state index contributed by atoms with van der Waals surface area (Å²) in [7, 11) is 2.09. The summed E-state index contributed by atoms with van der Waals surface area (Å²) in [6, 6.07) is 5.44. The highest BCUT2D eigenvalue weighted by molar-refractivity contribution is 7.80. The molecule has 2 nitrogen and oxygen atoms in total. The van der Waals surface area contributed by atoms with E-state index in [4.69, 9.17) is 4.74 Å². The minimum atomic E-state index is 0.196. The standard InChI is InChI=1S/C10H15BO2S/c1-2-13-10-5-7(8(11)6-14)3-4-9(10)12/h3-5,8,12,14H,2,6,11H2,1H3/t8-/m0/s1. The lowest BCUT2D eigenvalue weighted by molar-refractivity contribution is 0.318. The van der Waals surface area contributed by atoms with Crippen LogP contribution in [-0.4, -0.2) is 25.3 Å². The van der Waals surface area contributed by atoms with Gasteiger partial charge in [-0.25, -0.2) is 0 Å². The third kappa shape index (κ3) is 2.61. The first-order chi connectivity index (χ1) is 6.69. The Labute approximate surface area is 91.1 Å². The summed E-state index contributed by atoms with van der Waals surface area (Å²) >= 11 is 4.24. The number of rotatable bonds is 4. The zero-order valence-corrected chi connectivity index (χ0v) is 9.42. The van der Waals surface area contributed by atoms with E-state index in [1.54, 1.807) is 6.07 Å². The Morgan fingerprint density at radius 1 is 1.57 bits per heavy atom. The second-order valence-electron chi connectivity index (χ2n) is 3.24. The summed E-state index contributed by atoms with van der Waals surface area (Å²) in [4.78, 5) is 0. The fraction of sp³-hybridized carbons (Fsp3) is 0.400. The van der Waals surface area contributed by atoms with Gasteiger partial charge in [-0.3, -0.25) is 0 Å². The van der Waals surface area contributed by atoms with Gasteiger partial charge in [-0.1, -0.05) is 6.07 Å². The molecule has 1 N–H and O–H groups in total. The third-order valence-corrected chi connectivity index (χ3v) is 2.67. The van der Waals surface area contributed by atoms with Gasteiger partial charge in [-0.05, 0) is 36.2 Å². The van der Waals surface area contributed by atoms with Crippen LogP contribution in [-0.2, 0) is 0 Å². The summed E-state index contributed by atoms with van der Waals surface area (Å²) in [5.74, 6) is 1.91. The van der Waals surface area contributed by atoms with Gasteiger partial charge in [0.15, 0.2) is 11.5 Å². The SMILES string of the molecule is B[C@@H](CS)c1ccc(O)c(OCC)c1. The molecule has 0 aliphatic carbocycles. The average Bonchev–Trinajstić information content (AvgIpc) is 2.20. The molecule has 0 aliphatic heterocycles. The van der Waals surface area contributed by atoms with E-state index < -0.39 is 0 Å². The van der Waals surface area contributed by atoms with Crippen molar-refractivity contribution in [2.75, 3.05) is 12.4 Å². The van der Waals surface area contributed by atoms with Crippen molar-refractivity contribution in [2.24, 2.45) is 0 Å². The van der Waals surface area contributed by atoms with Gasteiger partial charge in [0, 0.05) is 0 Å². The van der Waals surface area contributed by atoms with Crippen molar-refractivity contribution in [1.29, 1.82) is 0 Å². The molecule has 0 spiro atoms. The van der Waals surface area contributed by atoms with Crippen molar-refractivity contribution < 1.29 is 9.84 Å². The molecule has 1 aromatic rings. The number of ether oxygens (including phenoxy) is 1. The number of thiol groups is 1. The summed E-state index contributed by atoms with van der Waals surface area (Å²) in [5.41, 5.74) is 1.14. The first kappa shape index (κ1) is 11.3. The third-order valence-electron chi connectivity index (χ3n) is 2.13. The van der Waals surface area contributed by atoms with E-state index >= 15 is 0 Å². The van der Waals surface area contributed by atoms with Gasteiger partial charge in [0.05, 0.1) is 6.61 Å². The highest BCUT2D eigenvalue weighted by Gasteiger charge is 2.07. The van der Waals surface area contributed by atoms with Crippen LogP contribution in [0.4, 0.5) is 0 Å². The van der Waals surface area contributed by atoms with Crippen LogP contribution in [0.2, 0.25) is 0 Å². The van der Waals surface area contributed by atoms with E-state index in [2.05, 4.69) is 20.5 Å². The van der Waals surface area contributed by atoms with Gasteiger partial charge in [-0.2, -0.15) is 12.6 Å². The lowest BCUT2D eigenvalue weighted by Gasteiger charge is -2.11. The molecule has 1 rings (SSSR count). The van der Waals surface area contributed by atoms with Gasteiger partial charge in [0.25, 0.3) is 0 Å². The highest BCUT2D eigenvalue weighted by atomic mass is 32.1. The molecule has 0 bridgehead atoms. The number of benzene rings is 1. The Morgan fingerprint density at radius 2 is 2.29 bits per heavy atom. The first-order valence-corrected chi connectivity index (χ1v) is 5.38. The van der Waals surface area contributed by atoms with Gasteiger partial charge in [0.1, 0.15) is 7.85 Å². The van der Waals surface area contributed by atoms with E-state index in [1.165, 1.54) is 0 Å². The molecule has 0 saturated carbocycles. The summed E-state index contributed by atoms with van der Waals surface area (Å²) in [5, 5.41) is 9.48. The van der Waals surface area contributed by atoms with Crippen LogP contribution in [0, 0.1) is 0 Å². The molecule has 0 saturated heterocycles. The number of phenolic OH excluding ortho intramolecular Hbond substituents is 1. The zero-order chi connectivity index (χ0) is 10.6. The Bertz CT molecular complexity index is 304. The van der Waals surface area contributed by atoms with Crippen molar-refractivity contribution in [1.82, 2.24) is 0 Å². The second kappa shape index (κ2) is 5.20. The maximum atomic E-state index is 9.48. The maximum Gasteiger partial charge on any atom is 0.161 e. The molecular formula is C10H15BO2S. The minimum absolute atomic E-state index is 0.196. The molecule has 14 heavy (non-hydrogen) atoms. The first-order valence-electron chi connectivity index (χ1n) is 4.75. The van der Waals surface area contributed by atoms with Crippen LogP contribution in [0.5, 0.6) is 11.5 Å². The summed E-state index contributed by atoms with van der Waals surface area (Å²) < 4.78 is 5.30. The van der Waals surface area contributed by atoms with Gasteiger partial charge in [-0.15, -0.1) is 0 Å². The van der Waals surface area contributed by atoms with Crippen molar-refractivity contribution in [3.8, 4) is 11.5 Å². The topological polar surface area (TPSA) is 29.5 Å². The molecule has 0 heterocycles. The fourth-order valence-electron chi connectivity index (χ4n) is 1.21. The highest BCUT2D eigenvalue weighted by Crippen LogP contribution is 2.29. The van der Waals surface area contributed by atoms with E-state index in [0.717, 1.165) is 11.3 Å². The Kier molecular flexibility index (Phi) is 4.20. The lowest BCUT2D eigenvalue weighted by Crippen LogP contribution is -2.00. The van der Waals surface area contributed by atoms with Crippen LogP contribution in [0.15, 0.2) is 18.2 Å². The molecule has 0 aromatic heterocycles. The van der Waals surface area contributed by atoms with Gasteiger partial charge < -0.3 is 9.84 Å². The molecule has 0 fully saturated rings. The molecule has 1 atom stereocenters. The van der Waals surface area contributed by atoms with Crippen molar-refractivity contribution in [3.63, 3.8) is 0 Å². The van der Waals surface area contributed by atoms with Crippen LogP contribution >= 0.6 is 12.6 Å².